The van der Waals surface area contributed by atoms with E-state index in [-0.39, 0.29) is 5.54 Å². The van der Waals surface area contributed by atoms with Gasteiger partial charge in [-0.2, -0.15) is 5.10 Å². The molecule has 2 aromatic rings. The number of ether oxygens (including phenoxy) is 1. The second-order valence-corrected chi connectivity index (χ2v) is 6.46. The second-order valence-electron chi connectivity index (χ2n) is 6.46. The van der Waals surface area contributed by atoms with E-state index in [9.17, 15) is 0 Å². The van der Waals surface area contributed by atoms with Gasteiger partial charge in [-0.3, -0.25) is 0 Å². The van der Waals surface area contributed by atoms with Crippen LogP contribution in [0.4, 0.5) is 0 Å². The first-order valence-corrected chi connectivity index (χ1v) is 7.29. The summed E-state index contributed by atoms with van der Waals surface area (Å²) in [6.07, 6.45) is 0. The molecule has 2 rings (SSSR count). The number of nitrogens with zero attached hydrogens (tertiary/aromatic N) is 2. The minimum Gasteiger partial charge on any atom is -0.439 e. The van der Waals surface area contributed by atoms with Crippen LogP contribution in [-0.4, -0.2) is 15.3 Å². The van der Waals surface area contributed by atoms with Crippen LogP contribution in [0.2, 0.25) is 0 Å². The molecule has 0 spiro atoms. The maximum Gasteiger partial charge on any atom is 0.222 e. The maximum absolute atomic E-state index is 6.12. The number of aromatic nitrogens is 2. The molecule has 0 saturated carbocycles. The Kier molecular flexibility index (Phi) is 4.37. The average Bonchev–Trinajstić information content (AvgIpc) is 2.63. The zero-order valence-corrected chi connectivity index (χ0v) is 13.8. The van der Waals surface area contributed by atoms with Gasteiger partial charge in [-0.25, -0.2) is 4.68 Å². The molecule has 0 fully saturated rings. The molecule has 4 heteroatoms. The smallest absolute Gasteiger partial charge is 0.222 e. The zero-order chi connectivity index (χ0) is 15.6. The third-order valence-electron chi connectivity index (χ3n) is 3.38. The van der Waals surface area contributed by atoms with Crippen molar-refractivity contribution in [1.82, 2.24) is 15.1 Å². The highest BCUT2D eigenvalue weighted by atomic mass is 16.5. The van der Waals surface area contributed by atoms with Crippen molar-refractivity contribution >= 4 is 0 Å². The van der Waals surface area contributed by atoms with Gasteiger partial charge in [-0.15, -0.1) is 0 Å². The van der Waals surface area contributed by atoms with Crippen LogP contribution < -0.4 is 10.1 Å². The summed E-state index contributed by atoms with van der Waals surface area (Å²) < 4.78 is 7.92. The summed E-state index contributed by atoms with van der Waals surface area (Å²) in [6.45, 7) is 11.3. The first-order chi connectivity index (χ1) is 9.78. The summed E-state index contributed by atoms with van der Waals surface area (Å²) in [5.41, 5.74) is 3.28. The third-order valence-corrected chi connectivity index (χ3v) is 3.38. The van der Waals surface area contributed by atoms with Gasteiger partial charge in [0.1, 0.15) is 5.75 Å². The largest absolute Gasteiger partial charge is 0.439 e. The van der Waals surface area contributed by atoms with Crippen molar-refractivity contribution in [3.8, 4) is 11.6 Å². The van der Waals surface area contributed by atoms with E-state index in [1.807, 2.05) is 45.2 Å². The van der Waals surface area contributed by atoms with Crippen LogP contribution in [0.5, 0.6) is 11.6 Å². The molecule has 1 aromatic carbocycles. The van der Waals surface area contributed by atoms with Crippen molar-refractivity contribution < 1.29 is 4.74 Å². The Hall–Kier alpha value is -1.81. The van der Waals surface area contributed by atoms with Crippen molar-refractivity contribution in [3.63, 3.8) is 0 Å². The van der Waals surface area contributed by atoms with Gasteiger partial charge in [0.25, 0.3) is 0 Å². The molecule has 1 heterocycles. The molecule has 0 unspecified atom stereocenters. The van der Waals surface area contributed by atoms with Gasteiger partial charge in [0.2, 0.25) is 5.88 Å². The van der Waals surface area contributed by atoms with Crippen LogP contribution in [0.1, 0.15) is 37.6 Å². The molecular formula is C17H25N3O. The molecule has 21 heavy (non-hydrogen) atoms. The zero-order valence-electron chi connectivity index (χ0n) is 13.8. The fraction of sp³-hybridized carbons (Fsp3) is 0.471. The van der Waals surface area contributed by atoms with Crippen LogP contribution in [-0.2, 0) is 13.6 Å². The third kappa shape index (κ3) is 3.85. The molecule has 0 aliphatic heterocycles. The highest BCUT2D eigenvalue weighted by Gasteiger charge is 2.18. The van der Waals surface area contributed by atoms with Crippen LogP contribution in [0.3, 0.4) is 0 Å². The quantitative estimate of drug-likeness (QED) is 0.931. The first-order valence-electron chi connectivity index (χ1n) is 7.29. The van der Waals surface area contributed by atoms with Gasteiger partial charge < -0.3 is 10.1 Å². The van der Waals surface area contributed by atoms with Gasteiger partial charge >= 0.3 is 0 Å². The number of benzene rings is 1. The van der Waals surface area contributed by atoms with Crippen LogP contribution in [0.25, 0.3) is 0 Å². The monoisotopic (exact) mass is 287 g/mol. The van der Waals surface area contributed by atoms with Gasteiger partial charge in [-0.1, -0.05) is 18.2 Å². The van der Waals surface area contributed by atoms with E-state index in [4.69, 9.17) is 4.74 Å². The van der Waals surface area contributed by atoms with Crippen LogP contribution in [0.15, 0.2) is 24.3 Å². The summed E-state index contributed by atoms with van der Waals surface area (Å²) in [6, 6.07) is 8.03. The highest BCUT2D eigenvalue weighted by Crippen LogP contribution is 2.29. The van der Waals surface area contributed by atoms with E-state index in [2.05, 4.69) is 31.2 Å². The molecule has 0 aliphatic carbocycles. The van der Waals surface area contributed by atoms with Crippen molar-refractivity contribution in [2.24, 2.45) is 7.05 Å². The van der Waals surface area contributed by atoms with Crippen molar-refractivity contribution in [2.45, 2.75) is 46.7 Å². The molecule has 1 aromatic heterocycles. The lowest BCUT2D eigenvalue weighted by atomic mass is 10.1. The molecule has 0 aliphatic rings. The SMILES string of the molecule is Cc1ccccc1Oc1c(CNC(C)(C)C)c(C)nn1C. The maximum atomic E-state index is 6.12. The minimum atomic E-state index is 0.0578. The number of para-hydroxylation sites is 1. The molecule has 0 bridgehead atoms. The predicted molar refractivity (Wildman–Crippen MR) is 85.8 cm³/mol. The van der Waals surface area contributed by atoms with E-state index in [1.54, 1.807) is 4.68 Å². The van der Waals surface area contributed by atoms with E-state index in [0.717, 1.165) is 35.0 Å². The molecule has 114 valence electrons. The highest BCUT2D eigenvalue weighted by molar-refractivity contribution is 5.39. The van der Waals surface area contributed by atoms with Gasteiger partial charge in [0.05, 0.1) is 11.3 Å². The first kappa shape index (κ1) is 15.6. The average molecular weight is 287 g/mol. The summed E-state index contributed by atoms with van der Waals surface area (Å²) in [4.78, 5) is 0. The van der Waals surface area contributed by atoms with Gasteiger partial charge in [0.15, 0.2) is 0 Å². The standard InChI is InChI=1S/C17H25N3O/c1-12-9-7-8-10-15(12)21-16-14(11-18-17(3,4)5)13(2)19-20(16)6/h7-10,18H,11H2,1-6H3. The van der Waals surface area contributed by atoms with Gasteiger partial charge in [-0.05, 0) is 46.2 Å². The fourth-order valence-corrected chi connectivity index (χ4v) is 2.14. The lowest BCUT2D eigenvalue weighted by molar-refractivity contribution is 0.400. The van der Waals surface area contributed by atoms with E-state index in [0.29, 0.717) is 0 Å². The van der Waals surface area contributed by atoms with Crippen molar-refractivity contribution in [3.05, 3.63) is 41.1 Å². The number of hydrogen-bond acceptors (Lipinski definition) is 3. The molecule has 0 amide bonds. The Morgan fingerprint density at radius 1 is 1.19 bits per heavy atom. The van der Waals surface area contributed by atoms with E-state index < -0.39 is 0 Å². The summed E-state index contributed by atoms with van der Waals surface area (Å²) in [5, 5.41) is 7.99. The number of rotatable bonds is 4. The fourth-order valence-electron chi connectivity index (χ4n) is 2.14. The Morgan fingerprint density at radius 2 is 1.86 bits per heavy atom. The van der Waals surface area contributed by atoms with Crippen LogP contribution >= 0.6 is 0 Å². The van der Waals surface area contributed by atoms with Gasteiger partial charge in [0, 0.05) is 19.1 Å². The Balaban J connectivity index is 2.29. The molecule has 4 nitrogen and oxygen atoms in total. The molecule has 0 saturated heterocycles. The molecule has 0 atom stereocenters. The summed E-state index contributed by atoms with van der Waals surface area (Å²) in [7, 11) is 1.92. The molecular weight excluding hydrogens is 262 g/mol. The Morgan fingerprint density at radius 3 is 2.48 bits per heavy atom. The summed E-state index contributed by atoms with van der Waals surface area (Å²) in [5.74, 6) is 1.68. The number of nitrogens with one attached hydrogen (secondary N) is 1. The number of aryl methyl sites for hydroxylation is 3. The van der Waals surface area contributed by atoms with Crippen molar-refractivity contribution in [1.29, 1.82) is 0 Å². The lowest BCUT2D eigenvalue weighted by Crippen LogP contribution is -2.35. The molecule has 1 N–H and O–H groups in total. The van der Waals surface area contributed by atoms with E-state index in [1.165, 1.54) is 0 Å². The lowest BCUT2D eigenvalue weighted by Gasteiger charge is -2.21. The number of hydrogen-bond donors (Lipinski definition) is 1. The van der Waals surface area contributed by atoms with Crippen LogP contribution in [0, 0.1) is 13.8 Å². The Labute approximate surface area is 127 Å². The predicted octanol–water partition coefficient (Wildman–Crippen LogP) is 3.72. The summed E-state index contributed by atoms with van der Waals surface area (Å²) >= 11 is 0. The second kappa shape index (κ2) is 5.90. The Bertz CT molecular complexity index is 623. The topological polar surface area (TPSA) is 39.1 Å². The minimum absolute atomic E-state index is 0.0578. The van der Waals surface area contributed by atoms with E-state index >= 15 is 0 Å². The normalized spacial score (nSPS) is 11.7. The molecule has 0 radical (unpaired) electrons. The van der Waals surface area contributed by atoms with Crippen molar-refractivity contribution in [2.75, 3.05) is 0 Å².